The Morgan fingerprint density at radius 2 is 2.28 bits per heavy atom. The third-order valence-electron chi connectivity index (χ3n) is 2.36. The van der Waals surface area contributed by atoms with Gasteiger partial charge in [0.25, 0.3) is 5.29 Å². The van der Waals surface area contributed by atoms with E-state index in [9.17, 15) is 14.3 Å². The van der Waals surface area contributed by atoms with Gasteiger partial charge in [-0.15, -0.1) is 0 Å². The van der Waals surface area contributed by atoms with Crippen LogP contribution < -0.4 is 0 Å². The minimum Gasteiger partial charge on any atom is -0.510 e. The van der Waals surface area contributed by atoms with Gasteiger partial charge in [0.1, 0.15) is 5.15 Å². The molecule has 0 amide bonds. The molecule has 1 heterocycles. The van der Waals surface area contributed by atoms with Crippen molar-refractivity contribution in [2.75, 3.05) is 12.0 Å². The first-order valence-corrected chi connectivity index (χ1v) is 7.70. The van der Waals surface area contributed by atoms with Crippen molar-refractivity contribution in [3.05, 3.63) is 39.2 Å². The van der Waals surface area contributed by atoms with Gasteiger partial charge >= 0.3 is 0 Å². The second kappa shape index (κ2) is 6.21. The lowest BCUT2D eigenvalue weighted by atomic mass is 10.1. The van der Waals surface area contributed by atoms with Crippen LogP contribution in [0.15, 0.2) is 23.6 Å². The maximum Gasteiger partial charge on any atom is 0.253 e. The zero-order valence-electron chi connectivity index (χ0n) is 10.1. The Labute approximate surface area is 111 Å². The van der Waals surface area contributed by atoms with E-state index in [2.05, 4.69) is 10.3 Å². The van der Waals surface area contributed by atoms with E-state index >= 15 is 0 Å². The molecule has 0 aliphatic rings. The van der Waals surface area contributed by atoms with E-state index < -0.39 is 9.73 Å². The van der Waals surface area contributed by atoms with Crippen LogP contribution in [0.4, 0.5) is 0 Å². The fraction of sp³-hybridized carbons (Fsp3) is 0.500. The number of nitroso groups, excluding NO2 is 1. The molecule has 100 valence electrons. The lowest BCUT2D eigenvalue weighted by Gasteiger charge is -2.11. The summed E-state index contributed by atoms with van der Waals surface area (Å²) in [5.74, 6) is 0.0638. The minimum atomic E-state index is -2.94. The van der Waals surface area contributed by atoms with E-state index in [4.69, 9.17) is 11.6 Å². The van der Waals surface area contributed by atoms with Crippen LogP contribution in [0.3, 0.4) is 0 Å². The summed E-state index contributed by atoms with van der Waals surface area (Å²) in [5, 5.41) is 13.6. The first-order chi connectivity index (χ1) is 8.35. The molecule has 0 saturated heterocycles. The largest absolute Gasteiger partial charge is 0.510 e. The molecule has 2 atom stereocenters. The van der Waals surface area contributed by atoms with Crippen LogP contribution in [0.1, 0.15) is 12.5 Å². The van der Waals surface area contributed by atoms with Crippen LogP contribution >= 0.6 is 11.6 Å². The number of rotatable bonds is 5. The first kappa shape index (κ1) is 15.0. The Hall–Kier alpha value is -1.05. The van der Waals surface area contributed by atoms with E-state index in [0.29, 0.717) is 11.6 Å². The zero-order chi connectivity index (χ0) is 13.8. The summed E-state index contributed by atoms with van der Waals surface area (Å²) in [6, 6.07) is 3.48. The lowest BCUT2D eigenvalue weighted by molar-refractivity contribution is -0.441. The molecule has 8 heteroatoms. The molecule has 1 aromatic heterocycles. The molecule has 2 unspecified atom stereocenters. The lowest BCUT2D eigenvalue weighted by Crippen LogP contribution is -2.20. The van der Waals surface area contributed by atoms with Crippen molar-refractivity contribution in [1.82, 2.24) is 4.98 Å². The Morgan fingerprint density at radius 1 is 1.61 bits per heavy atom. The predicted octanol–water partition coefficient (Wildman–Crippen LogP) is 2.20. The van der Waals surface area contributed by atoms with Crippen molar-refractivity contribution in [2.24, 2.45) is 11.2 Å². The highest BCUT2D eigenvalue weighted by Crippen LogP contribution is 2.12. The van der Waals surface area contributed by atoms with Gasteiger partial charge in [0, 0.05) is 6.20 Å². The third kappa shape index (κ3) is 4.32. The molecular weight excluding hydrogens is 278 g/mol. The first-order valence-electron chi connectivity index (χ1n) is 5.23. The fourth-order valence-electron chi connectivity index (χ4n) is 1.65. The van der Waals surface area contributed by atoms with Crippen LogP contribution in [0.2, 0.25) is 5.15 Å². The van der Waals surface area contributed by atoms with Gasteiger partial charge in [0.05, 0.1) is 12.0 Å². The molecule has 0 radical (unpaired) electrons. The maximum absolute atomic E-state index is 11.9. The van der Waals surface area contributed by atoms with Crippen molar-refractivity contribution in [3.8, 4) is 0 Å². The number of aromatic nitrogens is 1. The Balaban J connectivity index is 2.73. The molecule has 18 heavy (non-hydrogen) atoms. The maximum atomic E-state index is 11.9. The highest BCUT2D eigenvalue weighted by Gasteiger charge is 2.17. The molecule has 0 N–H and O–H groups in total. The van der Waals surface area contributed by atoms with E-state index in [1.54, 1.807) is 12.3 Å². The van der Waals surface area contributed by atoms with Crippen molar-refractivity contribution < 1.29 is 8.43 Å². The van der Waals surface area contributed by atoms with Crippen LogP contribution in [-0.4, -0.2) is 25.4 Å². The summed E-state index contributed by atoms with van der Waals surface area (Å²) in [5.41, 5.74) is 0.929. The highest BCUT2D eigenvalue weighted by atomic mass is 35.5. The predicted molar refractivity (Wildman–Crippen MR) is 70.5 cm³/mol. The topological polar surface area (TPSA) is 85.5 Å². The summed E-state index contributed by atoms with van der Waals surface area (Å²) in [6.07, 6.45) is 3.46. The van der Waals surface area contributed by atoms with E-state index in [-0.39, 0.29) is 15.9 Å². The minimum absolute atomic E-state index is 0.0383. The molecule has 0 spiro atoms. The van der Waals surface area contributed by atoms with Gasteiger partial charge in [-0.05, 0) is 28.2 Å². The summed E-state index contributed by atoms with van der Waals surface area (Å²) in [7, 11) is -2.94. The molecule has 6 nitrogen and oxygen atoms in total. The van der Waals surface area contributed by atoms with E-state index in [1.165, 1.54) is 6.26 Å². The van der Waals surface area contributed by atoms with Crippen molar-refractivity contribution in [1.29, 1.82) is 0 Å². The molecule has 1 rings (SSSR count). The molecule has 0 aliphatic heterocycles. The van der Waals surface area contributed by atoms with Crippen LogP contribution in [0.25, 0.3) is 0 Å². The van der Waals surface area contributed by atoms with Gasteiger partial charge in [-0.3, -0.25) is 0 Å². The van der Waals surface area contributed by atoms with Gasteiger partial charge in [0.2, 0.25) is 0 Å². The normalized spacial score (nSPS) is 15.8. The van der Waals surface area contributed by atoms with Gasteiger partial charge in [-0.1, -0.05) is 29.5 Å². The Morgan fingerprint density at radius 3 is 2.78 bits per heavy atom. The van der Waals surface area contributed by atoms with Crippen molar-refractivity contribution >= 4 is 21.3 Å². The second-order valence-electron chi connectivity index (χ2n) is 4.24. The summed E-state index contributed by atoms with van der Waals surface area (Å²) in [6.45, 7) is 1.84. The van der Waals surface area contributed by atoms with E-state index in [1.807, 2.05) is 13.0 Å². The second-order valence-corrected chi connectivity index (χ2v) is 7.20. The van der Waals surface area contributed by atoms with Crippen LogP contribution in [0, 0.1) is 16.0 Å². The number of hydrogen-bond donors (Lipinski definition) is 0. The van der Waals surface area contributed by atoms with Gasteiger partial charge < -0.3 is 5.21 Å². The molecule has 0 aliphatic carbocycles. The van der Waals surface area contributed by atoms with Gasteiger partial charge in [0.15, 0.2) is 9.73 Å². The van der Waals surface area contributed by atoms with Crippen LogP contribution in [0.5, 0.6) is 0 Å². The average molecular weight is 292 g/mol. The number of nitrogens with zero attached hydrogens (tertiary/aromatic N) is 3. The smallest absolute Gasteiger partial charge is 0.253 e. The fourth-order valence-corrected chi connectivity index (χ4v) is 3.20. The van der Waals surface area contributed by atoms with Crippen LogP contribution in [-0.2, 0) is 16.1 Å². The summed E-state index contributed by atoms with van der Waals surface area (Å²) < 4.78 is 11.6. The third-order valence-corrected chi connectivity index (χ3v) is 4.50. The molecular formula is C10H14ClN3O3S. The molecule has 0 fully saturated rings. The standard InChI is InChI=1S/C10H14ClN3O3S/c1-8(7-18(2,17)14(16)13-15)5-9-3-4-10(11)12-6-9/h3-4,6,8H,5,7H2,1-2H3. The molecule has 0 aromatic carbocycles. The van der Waals surface area contributed by atoms with Crippen molar-refractivity contribution in [2.45, 2.75) is 13.3 Å². The van der Waals surface area contributed by atoms with Crippen molar-refractivity contribution in [3.63, 3.8) is 0 Å². The van der Waals surface area contributed by atoms with E-state index in [0.717, 1.165) is 5.56 Å². The number of pyridine rings is 1. The summed E-state index contributed by atoms with van der Waals surface area (Å²) in [4.78, 5) is 14.0. The Kier molecular flexibility index (Phi) is 5.18. The number of hydrogen-bond acceptors (Lipinski definition) is 4. The molecule has 0 saturated carbocycles. The van der Waals surface area contributed by atoms with Gasteiger partial charge in [-0.25, -0.2) is 9.19 Å². The quantitative estimate of drug-likeness (QED) is 0.360. The monoisotopic (exact) mass is 291 g/mol. The SMILES string of the molecule is CC(Cc1ccc(Cl)nc1)CS(C)(=O)=[N+]([O-])N=O. The number of halogens is 1. The summed E-state index contributed by atoms with van der Waals surface area (Å²) >= 11 is 5.66. The van der Waals surface area contributed by atoms with Gasteiger partial charge in [-0.2, -0.15) is 0 Å². The zero-order valence-corrected chi connectivity index (χ0v) is 11.6. The molecule has 0 bridgehead atoms. The highest BCUT2D eigenvalue weighted by molar-refractivity contribution is 7.90. The average Bonchev–Trinajstić information content (AvgIpc) is 2.30. The molecule has 1 aromatic rings. The Bertz CT molecular complexity index is 538.